The molecule has 2 aromatic carbocycles. The number of hydrogen-bond donors (Lipinski definition) is 1. The number of carbonyl (C=O) groups is 2. The zero-order valence-electron chi connectivity index (χ0n) is 12.9. The third-order valence-electron chi connectivity index (χ3n) is 3.12. The molecule has 1 amide bonds. The zero-order chi connectivity index (χ0) is 17.5. The molecule has 0 unspecified atom stereocenters. The molecule has 0 aromatic heterocycles. The van der Waals surface area contributed by atoms with E-state index >= 15 is 0 Å². The molecule has 6 heteroatoms. The van der Waals surface area contributed by atoms with E-state index in [-0.39, 0.29) is 5.56 Å². The van der Waals surface area contributed by atoms with Crippen LogP contribution in [0, 0.1) is 12.7 Å². The van der Waals surface area contributed by atoms with Crippen molar-refractivity contribution in [3.63, 3.8) is 0 Å². The molecule has 0 aliphatic carbocycles. The number of rotatable bonds is 5. The van der Waals surface area contributed by atoms with Gasteiger partial charge in [0.25, 0.3) is 5.91 Å². The Balaban J connectivity index is 1.86. The summed E-state index contributed by atoms with van der Waals surface area (Å²) >= 11 is 3.22. The van der Waals surface area contributed by atoms with Crippen LogP contribution in [0.25, 0.3) is 6.08 Å². The lowest BCUT2D eigenvalue weighted by Crippen LogP contribution is -2.20. The van der Waals surface area contributed by atoms with Crippen molar-refractivity contribution in [1.82, 2.24) is 0 Å². The maximum absolute atomic E-state index is 13.5. The molecule has 4 nitrogen and oxygen atoms in total. The van der Waals surface area contributed by atoms with Crippen LogP contribution in [-0.2, 0) is 14.3 Å². The number of carbonyl (C=O) groups excluding carboxylic acids is 2. The molecule has 0 atom stereocenters. The van der Waals surface area contributed by atoms with E-state index in [4.69, 9.17) is 4.74 Å². The van der Waals surface area contributed by atoms with E-state index in [0.29, 0.717) is 10.2 Å². The highest BCUT2D eigenvalue weighted by Gasteiger charge is 2.07. The Morgan fingerprint density at radius 1 is 1.25 bits per heavy atom. The van der Waals surface area contributed by atoms with E-state index in [1.165, 1.54) is 18.2 Å². The number of halogens is 2. The van der Waals surface area contributed by atoms with E-state index in [2.05, 4.69) is 21.2 Å². The summed E-state index contributed by atoms with van der Waals surface area (Å²) in [6.07, 6.45) is 2.37. The van der Waals surface area contributed by atoms with E-state index in [0.717, 1.165) is 11.6 Å². The molecule has 0 saturated heterocycles. The van der Waals surface area contributed by atoms with Crippen LogP contribution < -0.4 is 5.32 Å². The van der Waals surface area contributed by atoms with Crippen LogP contribution in [0.2, 0.25) is 0 Å². The molecule has 2 aromatic rings. The molecule has 0 aliphatic heterocycles. The van der Waals surface area contributed by atoms with Gasteiger partial charge in [-0.3, -0.25) is 4.79 Å². The summed E-state index contributed by atoms with van der Waals surface area (Å²) in [5.74, 6) is -1.63. The van der Waals surface area contributed by atoms with Gasteiger partial charge in [-0.05, 0) is 42.8 Å². The Morgan fingerprint density at radius 2 is 2.00 bits per heavy atom. The van der Waals surface area contributed by atoms with Crippen LogP contribution in [0.3, 0.4) is 0 Å². The van der Waals surface area contributed by atoms with Crippen LogP contribution in [-0.4, -0.2) is 18.5 Å². The van der Waals surface area contributed by atoms with Crippen molar-refractivity contribution in [1.29, 1.82) is 0 Å². The van der Waals surface area contributed by atoms with Gasteiger partial charge in [0, 0.05) is 21.8 Å². The SMILES string of the molecule is Cc1ccccc1NC(=O)COC(=O)/C=C/c1cc(Br)ccc1F. The van der Waals surface area contributed by atoms with Gasteiger partial charge in [0.05, 0.1) is 0 Å². The number of esters is 1. The number of nitrogens with one attached hydrogen (secondary N) is 1. The molecule has 0 radical (unpaired) electrons. The highest BCUT2D eigenvalue weighted by molar-refractivity contribution is 9.10. The number of ether oxygens (including phenoxy) is 1. The minimum absolute atomic E-state index is 0.241. The molecule has 1 N–H and O–H groups in total. The minimum atomic E-state index is -0.727. The van der Waals surface area contributed by atoms with Crippen molar-refractivity contribution >= 4 is 39.6 Å². The monoisotopic (exact) mass is 391 g/mol. The second kappa shape index (κ2) is 8.40. The van der Waals surface area contributed by atoms with E-state index in [1.807, 2.05) is 19.1 Å². The smallest absolute Gasteiger partial charge is 0.331 e. The van der Waals surface area contributed by atoms with Gasteiger partial charge in [-0.2, -0.15) is 0 Å². The van der Waals surface area contributed by atoms with Gasteiger partial charge in [-0.1, -0.05) is 34.1 Å². The summed E-state index contributed by atoms with van der Waals surface area (Å²) in [7, 11) is 0. The average Bonchev–Trinajstić information content (AvgIpc) is 2.56. The highest BCUT2D eigenvalue weighted by atomic mass is 79.9. The molecule has 0 heterocycles. The predicted octanol–water partition coefficient (Wildman–Crippen LogP) is 4.09. The Bertz CT molecular complexity index is 790. The lowest BCUT2D eigenvalue weighted by Gasteiger charge is -2.07. The molecule has 0 saturated carbocycles. The van der Waals surface area contributed by atoms with Gasteiger partial charge in [0.2, 0.25) is 0 Å². The Morgan fingerprint density at radius 3 is 2.75 bits per heavy atom. The predicted molar refractivity (Wildman–Crippen MR) is 93.9 cm³/mol. The van der Waals surface area contributed by atoms with Crippen molar-refractivity contribution in [3.8, 4) is 0 Å². The summed E-state index contributed by atoms with van der Waals surface area (Å²) in [4.78, 5) is 23.4. The van der Waals surface area contributed by atoms with Gasteiger partial charge in [0.1, 0.15) is 5.82 Å². The van der Waals surface area contributed by atoms with Crippen molar-refractivity contribution < 1.29 is 18.7 Å². The van der Waals surface area contributed by atoms with E-state index in [1.54, 1.807) is 18.2 Å². The van der Waals surface area contributed by atoms with Gasteiger partial charge in [0.15, 0.2) is 6.61 Å². The normalized spacial score (nSPS) is 10.6. The number of anilines is 1. The maximum Gasteiger partial charge on any atom is 0.331 e. The quantitative estimate of drug-likeness (QED) is 0.616. The third-order valence-corrected chi connectivity index (χ3v) is 3.61. The molecule has 0 spiro atoms. The van der Waals surface area contributed by atoms with Crippen LogP contribution in [0.4, 0.5) is 10.1 Å². The van der Waals surface area contributed by atoms with Gasteiger partial charge in [-0.15, -0.1) is 0 Å². The molecule has 124 valence electrons. The van der Waals surface area contributed by atoms with Gasteiger partial charge in [-0.25, -0.2) is 9.18 Å². The van der Waals surface area contributed by atoms with Crippen molar-refractivity contribution in [2.75, 3.05) is 11.9 Å². The molecule has 2 rings (SSSR count). The number of amides is 1. The lowest BCUT2D eigenvalue weighted by molar-refractivity contribution is -0.142. The third kappa shape index (κ3) is 5.31. The first-order valence-electron chi connectivity index (χ1n) is 7.11. The molecule has 0 aliphatic rings. The number of para-hydroxylation sites is 1. The average molecular weight is 392 g/mol. The Kier molecular flexibility index (Phi) is 6.26. The number of hydrogen-bond acceptors (Lipinski definition) is 3. The van der Waals surface area contributed by atoms with Crippen LogP contribution >= 0.6 is 15.9 Å². The van der Waals surface area contributed by atoms with E-state index < -0.39 is 24.3 Å². The second-order valence-electron chi connectivity index (χ2n) is 4.97. The first-order chi connectivity index (χ1) is 11.5. The highest BCUT2D eigenvalue weighted by Crippen LogP contribution is 2.17. The largest absolute Gasteiger partial charge is 0.452 e. The van der Waals surface area contributed by atoms with Gasteiger partial charge >= 0.3 is 5.97 Å². The fourth-order valence-electron chi connectivity index (χ4n) is 1.88. The summed E-state index contributed by atoms with van der Waals surface area (Å²) in [5, 5.41) is 2.65. The van der Waals surface area contributed by atoms with Crippen molar-refractivity contribution in [2.45, 2.75) is 6.92 Å². The number of aryl methyl sites for hydroxylation is 1. The first-order valence-corrected chi connectivity index (χ1v) is 7.90. The standard InChI is InChI=1S/C18H15BrFNO3/c1-12-4-2-3-5-16(12)21-17(22)11-24-18(23)9-6-13-10-14(19)7-8-15(13)20/h2-10H,11H2,1H3,(H,21,22)/b9-6+. The van der Waals surface area contributed by atoms with Crippen molar-refractivity contribution in [2.24, 2.45) is 0 Å². The fourth-order valence-corrected chi connectivity index (χ4v) is 2.26. The zero-order valence-corrected chi connectivity index (χ0v) is 14.5. The summed E-state index contributed by atoms with van der Waals surface area (Å²) in [6, 6.07) is 11.6. The van der Waals surface area contributed by atoms with Gasteiger partial charge < -0.3 is 10.1 Å². The molecule has 0 bridgehead atoms. The van der Waals surface area contributed by atoms with E-state index in [9.17, 15) is 14.0 Å². The Labute approximate surface area is 147 Å². The molecule has 0 fully saturated rings. The van der Waals surface area contributed by atoms with Crippen LogP contribution in [0.5, 0.6) is 0 Å². The minimum Gasteiger partial charge on any atom is -0.452 e. The fraction of sp³-hybridized carbons (Fsp3) is 0.111. The first kappa shape index (κ1) is 17.9. The number of benzene rings is 2. The summed E-state index contributed by atoms with van der Waals surface area (Å²) in [5.41, 5.74) is 1.80. The summed E-state index contributed by atoms with van der Waals surface area (Å²) < 4.78 is 19.1. The lowest BCUT2D eigenvalue weighted by atomic mass is 10.2. The molecule has 24 heavy (non-hydrogen) atoms. The molecular weight excluding hydrogens is 377 g/mol. The van der Waals surface area contributed by atoms with Crippen molar-refractivity contribution in [3.05, 3.63) is 70.0 Å². The molecular formula is C18H15BrFNO3. The van der Waals surface area contributed by atoms with Crippen LogP contribution in [0.15, 0.2) is 53.0 Å². The Hall–Kier alpha value is -2.47. The van der Waals surface area contributed by atoms with Crippen LogP contribution in [0.1, 0.15) is 11.1 Å². The maximum atomic E-state index is 13.5. The summed E-state index contributed by atoms with van der Waals surface area (Å²) in [6.45, 7) is 1.44. The topological polar surface area (TPSA) is 55.4 Å². The second-order valence-corrected chi connectivity index (χ2v) is 5.89.